The number of anilines is 1. The van der Waals surface area contributed by atoms with Gasteiger partial charge in [0.1, 0.15) is 5.75 Å². The summed E-state index contributed by atoms with van der Waals surface area (Å²) in [5, 5.41) is 0.734. The molecule has 0 unspecified atom stereocenters. The molecule has 25 heavy (non-hydrogen) atoms. The number of para-hydroxylation sites is 2. The van der Waals surface area contributed by atoms with E-state index in [2.05, 4.69) is 27.8 Å². The van der Waals surface area contributed by atoms with Gasteiger partial charge in [0.15, 0.2) is 6.23 Å². The maximum Gasteiger partial charge on any atom is 0.158 e. The molecule has 1 aliphatic rings. The largest absolute Gasteiger partial charge is 0.495 e. The summed E-state index contributed by atoms with van der Waals surface area (Å²) < 4.78 is 13.6. The lowest BCUT2D eigenvalue weighted by atomic mass is 10.2. The first-order chi connectivity index (χ1) is 12.3. The average Bonchev–Trinajstić information content (AvgIpc) is 3.31. The van der Waals surface area contributed by atoms with E-state index >= 15 is 0 Å². The van der Waals surface area contributed by atoms with Crippen LogP contribution in [-0.4, -0.2) is 24.8 Å². The number of benzene rings is 2. The molecule has 1 saturated heterocycles. The van der Waals surface area contributed by atoms with Gasteiger partial charge in [0, 0.05) is 35.2 Å². The van der Waals surface area contributed by atoms with Crippen LogP contribution in [0.4, 0.5) is 5.69 Å². The Morgan fingerprint density at radius 1 is 1.08 bits per heavy atom. The predicted octanol–water partition coefficient (Wildman–Crippen LogP) is 4.67. The van der Waals surface area contributed by atoms with Crippen LogP contribution in [0.5, 0.6) is 5.75 Å². The second-order valence-corrected chi connectivity index (χ2v) is 6.35. The molecule has 0 radical (unpaired) electrons. The third-order valence-electron chi connectivity index (χ3n) is 4.41. The molecule has 0 N–H and O–H groups in total. The van der Waals surface area contributed by atoms with Crippen molar-refractivity contribution in [3.8, 4) is 11.4 Å². The van der Waals surface area contributed by atoms with Gasteiger partial charge in [-0.25, -0.2) is 0 Å². The van der Waals surface area contributed by atoms with Gasteiger partial charge >= 0.3 is 0 Å². The van der Waals surface area contributed by atoms with Gasteiger partial charge in [-0.15, -0.1) is 0 Å². The molecule has 0 amide bonds. The third-order valence-corrected chi connectivity index (χ3v) is 4.66. The average molecular weight is 355 g/mol. The van der Waals surface area contributed by atoms with E-state index in [-0.39, 0.29) is 6.23 Å². The summed E-state index contributed by atoms with van der Waals surface area (Å²) in [6, 6.07) is 17.9. The number of nitrogens with zero attached hydrogens (tertiary/aromatic N) is 2. The first-order valence-corrected chi connectivity index (χ1v) is 8.59. The highest BCUT2D eigenvalue weighted by atomic mass is 35.5. The maximum atomic E-state index is 6.01. The molecular formula is C20H19ClN2O2. The topological polar surface area (TPSA) is 26.6 Å². The Bertz CT molecular complexity index is 860. The molecule has 4 rings (SSSR count). The van der Waals surface area contributed by atoms with Gasteiger partial charge in [-0.3, -0.25) is 0 Å². The fourth-order valence-electron chi connectivity index (χ4n) is 3.19. The quantitative estimate of drug-likeness (QED) is 0.681. The van der Waals surface area contributed by atoms with Crippen molar-refractivity contribution in [1.82, 2.24) is 4.57 Å². The van der Waals surface area contributed by atoms with E-state index in [1.165, 1.54) is 0 Å². The minimum Gasteiger partial charge on any atom is -0.495 e. The summed E-state index contributed by atoms with van der Waals surface area (Å²) in [7, 11) is 1.70. The molecule has 3 aromatic rings. The van der Waals surface area contributed by atoms with E-state index in [9.17, 15) is 0 Å². The molecule has 1 atom stereocenters. The van der Waals surface area contributed by atoms with Gasteiger partial charge in [0.05, 0.1) is 19.4 Å². The number of hydrogen-bond acceptors (Lipinski definition) is 3. The molecule has 0 aliphatic carbocycles. The van der Waals surface area contributed by atoms with E-state index in [0.29, 0.717) is 6.61 Å². The first-order valence-electron chi connectivity index (χ1n) is 8.21. The van der Waals surface area contributed by atoms with Crippen LogP contribution in [0.25, 0.3) is 5.69 Å². The van der Waals surface area contributed by atoms with Crippen LogP contribution < -0.4 is 9.64 Å². The van der Waals surface area contributed by atoms with Crippen molar-refractivity contribution in [3.05, 3.63) is 77.6 Å². The lowest BCUT2D eigenvalue weighted by Crippen LogP contribution is -2.23. The standard InChI is InChI=1S/C20H19ClN2O2/c1-24-19-5-3-2-4-18(19)23-12-13-25-20(23)15-10-11-22(14-15)17-8-6-16(21)7-9-17/h2-11,14,20H,12-13H2,1H3/t20-/m1/s1. The van der Waals surface area contributed by atoms with Crippen LogP contribution in [0.2, 0.25) is 5.02 Å². The Balaban J connectivity index is 1.64. The molecule has 1 aromatic heterocycles. The summed E-state index contributed by atoms with van der Waals surface area (Å²) in [6.45, 7) is 1.52. The van der Waals surface area contributed by atoms with Gasteiger partial charge in [-0.2, -0.15) is 0 Å². The highest BCUT2D eigenvalue weighted by Crippen LogP contribution is 2.37. The molecule has 0 spiro atoms. The smallest absolute Gasteiger partial charge is 0.158 e. The molecule has 2 heterocycles. The van der Waals surface area contributed by atoms with Crippen molar-refractivity contribution in [2.24, 2.45) is 0 Å². The normalized spacial score (nSPS) is 17.0. The van der Waals surface area contributed by atoms with Crippen LogP contribution in [0.15, 0.2) is 67.0 Å². The van der Waals surface area contributed by atoms with E-state index < -0.39 is 0 Å². The summed E-state index contributed by atoms with van der Waals surface area (Å²) in [5.41, 5.74) is 3.22. The second-order valence-electron chi connectivity index (χ2n) is 5.92. The van der Waals surface area contributed by atoms with Crippen molar-refractivity contribution in [2.45, 2.75) is 6.23 Å². The highest BCUT2D eigenvalue weighted by Gasteiger charge is 2.29. The fraction of sp³-hybridized carbons (Fsp3) is 0.200. The number of ether oxygens (including phenoxy) is 2. The van der Waals surface area contributed by atoms with E-state index in [0.717, 1.165) is 34.3 Å². The van der Waals surface area contributed by atoms with Crippen molar-refractivity contribution in [2.75, 3.05) is 25.2 Å². The molecule has 0 saturated carbocycles. The molecule has 5 heteroatoms. The van der Waals surface area contributed by atoms with E-state index in [1.807, 2.05) is 48.7 Å². The van der Waals surface area contributed by atoms with Crippen molar-refractivity contribution >= 4 is 17.3 Å². The molecule has 2 aromatic carbocycles. The minimum atomic E-state index is -0.121. The Hall–Kier alpha value is -2.43. The summed E-state index contributed by atoms with van der Waals surface area (Å²) in [5.74, 6) is 0.857. The Kier molecular flexibility index (Phi) is 4.38. The molecule has 128 valence electrons. The third kappa shape index (κ3) is 3.11. The van der Waals surface area contributed by atoms with Crippen LogP contribution in [0.1, 0.15) is 11.8 Å². The lowest BCUT2D eigenvalue weighted by Gasteiger charge is -2.26. The highest BCUT2D eigenvalue weighted by molar-refractivity contribution is 6.30. The zero-order valence-electron chi connectivity index (χ0n) is 13.9. The molecule has 1 fully saturated rings. The predicted molar refractivity (Wildman–Crippen MR) is 99.8 cm³/mol. The van der Waals surface area contributed by atoms with Crippen molar-refractivity contribution in [3.63, 3.8) is 0 Å². The summed E-state index contributed by atoms with van der Waals surface area (Å²) in [4.78, 5) is 2.24. The molecule has 4 nitrogen and oxygen atoms in total. The fourth-order valence-corrected chi connectivity index (χ4v) is 3.32. The minimum absolute atomic E-state index is 0.121. The number of rotatable bonds is 4. The zero-order chi connectivity index (χ0) is 17.2. The van der Waals surface area contributed by atoms with Crippen molar-refractivity contribution < 1.29 is 9.47 Å². The van der Waals surface area contributed by atoms with Crippen LogP contribution >= 0.6 is 11.6 Å². The van der Waals surface area contributed by atoms with Gasteiger partial charge in [0.25, 0.3) is 0 Å². The van der Waals surface area contributed by atoms with Gasteiger partial charge in [0.2, 0.25) is 0 Å². The van der Waals surface area contributed by atoms with Gasteiger partial charge in [-0.1, -0.05) is 23.7 Å². The van der Waals surface area contributed by atoms with Crippen LogP contribution in [-0.2, 0) is 4.74 Å². The van der Waals surface area contributed by atoms with Crippen LogP contribution in [0.3, 0.4) is 0 Å². The van der Waals surface area contributed by atoms with Crippen molar-refractivity contribution in [1.29, 1.82) is 0 Å². The Morgan fingerprint density at radius 3 is 2.68 bits per heavy atom. The van der Waals surface area contributed by atoms with Gasteiger partial charge < -0.3 is 18.9 Å². The summed E-state index contributed by atoms with van der Waals surface area (Å²) in [6.07, 6.45) is 4.02. The molecular weight excluding hydrogens is 336 g/mol. The Morgan fingerprint density at radius 2 is 1.88 bits per heavy atom. The first kappa shape index (κ1) is 16.1. The summed E-state index contributed by atoms with van der Waals surface area (Å²) >= 11 is 5.98. The number of aromatic nitrogens is 1. The number of methoxy groups -OCH3 is 1. The SMILES string of the molecule is COc1ccccc1N1CCO[C@@H]1c1ccn(-c2ccc(Cl)cc2)c1. The van der Waals surface area contributed by atoms with E-state index in [4.69, 9.17) is 21.1 Å². The molecule has 1 aliphatic heterocycles. The second kappa shape index (κ2) is 6.82. The zero-order valence-corrected chi connectivity index (χ0v) is 14.7. The maximum absolute atomic E-state index is 6.01. The monoisotopic (exact) mass is 354 g/mol. The number of halogens is 1. The van der Waals surface area contributed by atoms with Gasteiger partial charge in [-0.05, 0) is 42.5 Å². The Labute approximate surface area is 152 Å². The number of hydrogen-bond donors (Lipinski definition) is 0. The van der Waals surface area contributed by atoms with Crippen LogP contribution in [0, 0.1) is 0 Å². The van der Waals surface area contributed by atoms with E-state index in [1.54, 1.807) is 7.11 Å². The molecule has 0 bridgehead atoms. The lowest BCUT2D eigenvalue weighted by molar-refractivity contribution is 0.113.